The number of aromatic nitrogens is 2. The molecule has 0 fully saturated rings. The van der Waals surface area contributed by atoms with E-state index < -0.39 is 0 Å². The smallest absolute Gasteiger partial charge is 0.0605 e. The molecule has 0 saturated carbocycles. The Bertz CT molecular complexity index is 698. The van der Waals surface area contributed by atoms with Crippen molar-refractivity contribution in [3.8, 4) is 0 Å². The maximum atomic E-state index is 5.77. The van der Waals surface area contributed by atoms with Gasteiger partial charge in [-0.2, -0.15) is 0 Å². The van der Waals surface area contributed by atoms with Gasteiger partial charge in [0.1, 0.15) is 0 Å². The van der Waals surface area contributed by atoms with E-state index >= 15 is 0 Å². The fourth-order valence-corrected chi connectivity index (χ4v) is 3.86. The van der Waals surface area contributed by atoms with Crippen LogP contribution in [0.5, 0.6) is 0 Å². The fraction of sp³-hybridized carbons (Fsp3) is 0.524. The molecule has 4 heteroatoms. The minimum atomic E-state index is 0.346. The molecule has 2 heterocycles. The van der Waals surface area contributed by atoms with Crippen LogP contribution in [0.2, 0.25) is 0 Å². The molecule has 2 atom stereocenters. The topological polar surface area (TPSA) is 63.8 Å². The molecule has 0 saturated heterocycles. The first-order chi connectivity index (χ1) is 12.2. The molecule has 0 aliphatic heterocycles. The number of nitrogens with one attached hydrogen (secondary N) is 1. The van der Waals surface area contributed by atoms with E-state index in [4.69, 9.17) is 5.73 Å². The SMILES string of the molecule is Cc1cnc(CC(CCCN)NC2CCCc3cccnc32)c(C)c1. The summed E-state index contributed by atoms with van der Waals surface area (Å²) in [7, 11) is 0. The number of nitrogens with zero attached hydrogens (tertiary/aromatic N) is 2. The molecule has 0 radical (unpaired) electrons. The molecule has 2 unspecified atom stereocenters. The molecule has 3 rings (SSSR count). The fourth-order valence-electron chi connectivity index (χ4n) is 3.86. The molecule has 1 aliphatic rings. The molecule has 2 aromatic heterocycles. The number of hydrogen-bond acceptors (Lipinski definition) is 4. The van der Waals surface area contributed by atoms with E-state index in [0.29, 0.717) is 12.1 Å². The van der Waals surface area contributed by atoms with Gasteiger partial charge < -0.3 is 11.1 Å². The van der Waals surface area contributed by atoms with Crippen LogP contribution < -0.4 is 11.1 Å². The Morgan fingerprint density at radius 3 is 3.00 bits per heavy atom. The van der Waals surface area contributed by atoms with Gasteiger partial charge in [0.2, 0.25) is 0 Å². The average molecular weight is 338 g/mol. The van der Waals surface area contributed by atoms with Crippen LogP contribution in [0.1, 0.15) is 59.8 Å². The van der Waals surface area contributed by atoms with Crippen molar-refractivity contribution in [3.05, 3.63) is 58.7 Å². The van der Waals surface area contributed by atoms with Gasteiger partial charge in [0, 0.05) is 36.6 Å². The summed E-state index contributed by atoms with van der Waals surface area (Å²) in [5, 5.41) is 3.88. The number of aryl methyl sites for hydroxylation is 3. The highest BCUT2D eigenvalue weighted by Gasteiger charge is 2.24. The molecule has 25 heavy (non-hydrogen) atoms. The quantitative estimate of drug-likeness (QED) is 0.812. The molecule has 3 N–H and O–H groups in total. The normalized spacial score (nSPS) is 18.0. The third-order valence-electron chi connectivity index (χ3n) is 5.15. The zero-order chi connectivity index (χ0) is 17.6. The van der Waals surface area contributed by atoms with E-state index in [1.807, 2.05) is 18.5 Å². The summed E-state index contributed by atoms with van der Waals surface area (Å²) in [5.74, 6) is 0. The summed E-state index contributed by atoms with van der Waals surface area (Å²) in [6, 6.07) is 7.22. The number of hydrogen-bond donors (Lipinski definition) is 2. The zero-order valence-corrected chi connectivity index (χ0v) is 15.5. The molecule has 0 spiro atoms. The van der Waals surface area contributed by atoms with Gasteiger partial charge in [-0.25, -0.2) is 0 Å². The summed E-state index contributed by atoms with van der Waals surface area (Å²) < 4.78 is 0. The lowest BCUT2D eigenvalue weighted by atomic mass is 9.90. The van der Waals surface area contributed by atoms with Gasteiger partial charge in [0.25, 0.3) is 0 Å². The average Bonchev–Trinajstić information content (AvgIpc) is 2.62. The second-order valence-corrected chi connectivity index (χ2v) is 7.27. The van der Waals surface area contributed by atoms with Crippen molar-refractivity contribution in [1.29, 1.82) is 0 Å². The predicted octanol–water partition coefficient (Wildman–Crippen LogP) is 3.41. The van der Waals surface area contributed by atoms with Gasteiger partial charge in [-0.15, -0.1) is 0 Å². The van der Waals surface area contributed by atoms with Crippen LogP contribution in [-0.2, 0) is 12.8 Å². The largest absolute Gasteiger partial charge is 0.330 e. The minimum absolute atomic E-state index is 0.346. The summed E-state index contributed by atoms with van der Waals surface area (Å²) in [4.78, 5) is 9.34. The number of nitrogens with two attached hydrogens (primary N) is 1. The van der Waals surface area contributed by atoms with E-state index in [2.05, 4.69) is 41.3 Å². The third-order valence-corrected chi connectivity index (χ3v) is 5.15. The number of fused-ring (bicyclic) bond motifs is 1. The molecule has 0 aromatic carbocycles. The van der Waals surface area contributed by atoms with Crippen molar-refractivity contribution in [1.82, 2.24) is 15.3 Å². The highest BCUT2D eigenvalue weighted by Crippen LogP contribution is 2.28. The van der Waals surface area contributed by atoms with Gasteiger partial charge in [0.15, 0.2) is 0 Å². The van der Waals surface area contributed by atoms with Crippen LogP contribution in [0.3, 0.4) is 0 Å². The lowest BCUT2D eigenvalue weighted by Gasteiger charge is -2.30. The van der Waals surface area contributed by atoms with Crippen LogP contribution in [0.4, 0.5) is 0 Å². The molecule has 134 valence electrons. The van der Waals surface area contributed by atoms with Gasteiger partial charge >= 0.3 is 0 Å². The van der Waals surface area contributed by atoms with Gasteiger partial charge in [0.05, 0.1) is 5.69 Å². The van der Waals surface area contributed by atoms with Crippen molar-refractivity contribution in [3.63, 3.8) is 0 Å². The molecule has 1 aliphatic carbocycles. The molecular formula is C21H30N4. The van der Waals surface area contributed by atoms with E-state index in [1.54, 1.807) is 0 Å². The van der Waals surface area contributed by atoms with Gasteiger partial charge in [-0.05, 0) is 75.3 Å². The first kappa shape index (κ1) is 18.0. The highest BCUT2D eigenvalue weighted by molar-refractivity contribution is 5.26. The first-order valence-corrected chi connectivity index (χ1v) is 9.49. The lowest BCUT2D eigenvalue weighted by Crippen LogP contribution is -2.37. The Balaban J connectivity index is 1.75. The first-order valence-electron chi connectivity index (χ1n) is 9.49. The summed E-state index contributed by atoms with van der Waals surface area (Å²) in [6.07, 6.45) is 10.5. The molecular weight excluding hydrogens is 308 g/mol. The van der Waals surface area contributed by atoms with Crippen molar-refractivity contribution in [2.24, 2.45) is 5.73 Å². The van der Waals surface area contributed by atoms with E-state index in [9.17, 15) is 0 Å². The Labute approximate surface area is 151 Å². The van der Waals surface area contributed by atoms with Crippen molar-refractivity contribution >= 4 is 0 Å². The van der Waals surface area contributed by atoms with E-state index in [-0.39, 0.29) is 0 Å². The van der Waals surface area contributed by atoms with Crippen LogP contribution >= 0.6 is 0 Å². The zero-order valence-electron chi connectivity index (χ0n) is 15.5. The van der Waals surface area contributed by atoms with Crippen LogP contribution in [0.15, 0.2) is 30.6 Å². The van der Waals surface area contributed by atoms with Crippen LogP contribution in [0.25, 0.3) is 0 Å². The van der Waals surface area contributed by atoms with Gasteiger partial charge in [-0.3, -0.25) is 9.97 Å². The lowest BCUT2D eigenvalue weighted by molar-refractivity contribution is 0.364. The monoisotopic (exact) mass is 338 g/mol. The van der Waals surface area contributed by atoms with Gasteiger partial charge in [-0.1, -0.05) is 12.1 Å². The number of pyridine rings is 2. The van der Waals surface area contributed by atoms with Crippen molar-refractivity contribution < 1.29 is 0 Å². The summed E-state index contributed by atoms with van der Waals surface area (Å²) in [6.45, 7) is 4.99. The Morgan fingerprint density at radius 1 is 1.32 bits per heavy atom. The molecule has 2 aromatic rings. The van der Waals surface area contributed by atoms with Crippen molar-refractivity contribution in [2.45, 2.75) is 64.5 Å². The maximum absolute atomic E-state index is 5.77. The van der Waals surface area contributed by atoms with E-state index in [0.717, 1.165) is 38.6 Å². The standard InChI is InChI=1S/C21H30N4/c1-15-12-16(2)20(24-14-15)13-18(8-4-10-22)25-19-9-3-6-17-7-5-11-23-21(17)19/h5,7,11-12,14,18-19,25H,3-4,6,8-10,13,22H2,1-2H3. The van der Waals surface area contributed by atoms with E-state index in [1.165, 1.54) is 34.5 Å². The summed E-state index contributed by atoms with van der Waals surface area (Å²) >= 11 is 0. The van der Waals surface area contributed by atoms with Crippen LogP contribution in [-0.4, -0.2) is 22.6 Å². The third kappa shape index (κ3) is 4.65. The molecule has 4 nitrogen and oxygen atoms in total. The summed E-state index contributed by atoms with van der Waals surface area (Å²) in [5.41, 5.74) is 12.1. The molecule has 0 amide bonds. The Hall–Kier alpha value is -1.78. The highest BCUT2D eigenvalue weighted by atomic mass is 15.0. The molecule has 0 bridgehead atoms. The maximum Gasteiger partial charge on any atom is 0.0605 e. The second kappa shape index (κ2) is 8.54. The Kier molecular flexibility index (Phi) is 6.16. The van der Waals surface area contributed by atoms with Crippen molar-refractivity contribution in [2.75, 3.05) is 6.54 Å². The Morgan fingerprint density at radius 2 is 2.20 bits per heavy atom. The minimum Gasteiger partial charge on any atom is -0.330 e. The van der Waals surface area contributed by atoms with Crippen LogP contribution in [0, 0.1) is 13.8 Å². The predicted molar refractivity (Wildman–Crippen MR) is 103 cm³/mol. The number of rotatable bonds is 7. The second-order valence-electron chi connectivity index (χ2n) is 7.27.